The van der Waals surface area contributed by atoms with Crippen molar-refractivity contribution in [3.8, 4) is 0 Å². The molecule has 2 aliphatic heterocycles. The van der Waals surface area contributed by atoms with Crippen LogP contribution in [-0.4, -0.2) is 64.3 Å². The van der Waals surface area contributed by atoms with Crippen LogP contribution in [0, 0.1) is 12.8 Å². The molecule has 2 fully saturated rings. The number of β-amino-alcohol motifs (C(OH)–C–C–N with tert-alkyl or cyclic N) is 1. The van der Waals surface area contributed by atoms with E-state index in [2.05, 4.69) is 10.1 Å². The van der Waals surface area contributed by atoms with Crippen molar-refractivity contribution in [1.29, 1.82) is 0 Å². The molecule has 2 aromatic heterocycles. The Balaban J connectivity index is 1.30. The number of hydrogen-bond donors (Lipinski definition) is 1. The number of thiophene rings is 1. The van der Waals surface area contributed by atoms with E-state index in [0.29, 0.717) is 12.6 Å². The summed E-state index contributed by atoms with van der Waals surface area (Å²) in [7, 11) is 0. The maximum Gasteiger partial charge on any atom is 0.263 e. The summed E-state index contributed by atoms with van der Waals surface area (Å²) in [6.07, 6.45) is 2.34. The summed E-state index contributed by atoms with van der Waals surface area (Å²) in [5.74, 6) is 1.19. The SMILES string of the molecule is Cc1cc(C[C@@H]2CN(C3CCN(C(=O)c4cccs4)CC3)C[C@@H]2O)on1. The average Bonchev–Trinajstić information content (AvgIpc) is 3.38. The highest BCUT2D eigenvalue weighted by molar-refractivity contribution is 7.12. The van der Waals surface area contributed by atoms with Gasteiger partial charge >= 0.3 is 0 Å². The number of aliphatic hydroxyl groups excluding tert-OH is 1. The van der Waals surface area contributed by atoms with Crippen LogP contribution in [0.5, 0.6) is 0 Å². The number of aliphatic hydroxyl groups is 1. The molecule has 0 bridgehead atoms. The van der Waals surface area contributed by atoms with E-state index in [1.807, 2.05) is 35.4 Å². The molecule has 4 rings (SSSR count). The van der Waals surface area contributed by atoms with Crippen molar-refractivity contribution in [3.63, 3.8) is 0 Å². The number of carbonyl (C=O) groups excluding carboxylic acids is 1. The molecule has 26 heavy (non-hydrogen) atoms. The van der Waals surface area contributed by atoms with Gasteiger partial charge in [0.1, 0.15) is 5.76 Å². The van der Waals surface area contributed by atoms with E-state index in [4.69, 9.17) is 4.52 Å². The summed E-state index contributed by atoms with van der Waals surface area (Å²) in [4.78, 5) is 17.6. The smallest absolute Gasteiger partial charge is 0.263 e. The second-order valence-electron chi connectivity index (χ2n) is 7.42. The Bertz CT molecular complexity index is 737. The monoisotopic (exact) mass is 375 g/mol. The first-order valence-electron chi connectivity index (χ1n) is 9.27. The molecular weight excluding hydrogens is 350 g/mol. The molecule has 0 saturated carbocycles. The highest BCUT2D eigenvalue weighted by Crippen LogP contribution is 2.28. The minimum atomic E-state index is -0.328. The number of amides is 1. The number of carbonyl (C=O) groups is 1. The molecule has 0 aromatic carbocycles. The standard InChI is InChI=1S/C19H25N3O3S/c1-13-9-16(25-20-13)10-14-11-22(12-17(14)23)15-4-6-21(7-5-15)19(24)18-3-2-8-26-18/h2-3,8-9,14-15,17,23H,4-7,10-12H2,1H3/t14-,17+/m1/s1. The molecule has 0 unspecified atom stereocenters. The number of likely N-dealkylation sites (tertiary alicyclic amines) is 2. The number of piperidine rings is 1. The van der Waals surface area contributed by atoms with E-state index < -0.39 is 0 Å². The van der Waals surface area contributed by atoms with Crippen LogP contribution >= 0.6 is 11.3 Å². The van der Waals surface area contributed by atoms with Crippen molar-refractivity contribution in [3.05, 3.63) is 39.9 Å². The lowest BCUT2D eigenvalue weighted by Gasteiger charge is -2.36. The minimum Gasteiger partial charge on any atom is -0.391 e. The van der Waals surface area contributed by atoms with Crippen LogP contribution in [0.25, 0.3) is 0 Å². The zero-order valence-corrected chi connectivity index (χ0v) is 15.8. The molecule has 4 heterocycles. The topological polar surface area (TPSA) is 69.8 Å². The summed E-state index contributed by atoms with van der Waals surface area (Å²) in [6.45, 7) is 5.08. The number of aromatic nitrogens is 1. The van der Waals surface area contributed by atoms with Gasteiger partial charge in [0, 0.05) is 50.6 Å². The molecule has 2 aromatic rings. The van der Waals surface area contributed by atoms with Crippen molar-refractivity contribution in [1.82, 2.24) is 15.0 Å². The van der Waals surface area contributed by atoms with Gasteiger partial charge in [0.25, 0.3) is 5.91 Å². The Hall–Kier alpha value is -1.70. The van der Waals surface area contributed by atoms with Crippen molar-refractivity contribution < 1.29 is 14.4 Å². The van der Waals surface area contributed by atoms with Gasteiger partial charge in [-0.1, -0.05) is 11.2 Å². The van der Waals surface area contributed by atoms with E-state index in [1.165, 1.54) is 11.3 Å². The first-order valence-corrected chi connectivity index (χ1v) is 10.1. The third-order valence-electron chi connectivity index (χ3n) is 5.57. The highest BCUT2D eigenvalue weighted by atomic mass is 32.1. The van der Waals surface area contributed by atoms with Gasteiger partial charge in [-0.3, -0.25) is 9.69 Å². The summed E-state index contributed by atoms with van der Waals surface area (Å²) in [6, 6.07) is 6.21. The molecule has 0 aliphatic carbocycles. The molecule has 2 saturated heterocycles. The van der Waals surface area contributed by atoms with Gasteiger partial charge in [-0.15, -0.1) is 11.3 Å². The molecule has 7 heteroatoms. The fourth-order valence-corrected chi connectivity index (χ4v) is 4.84. The first-order chi connectivity index (χ1) is 12.6. The van der Waals surface area contributed by atoms with Crippen LogP contribution < -0.4 is 0 Å². The summed E-state index contributed by atoms with van der Waals surface area (Å²) < 4.78 is 5.31. The number of rotatable bonds is 4. The third kappa shape index (κ3) is 3.70. The van der Waals surface area contributed by atoms with E-state index in [0.717, 1.165) is 55.2 Å². The largest absolute Gasteiger partial charge is 0.391 e. The summed E-state index contributed by atoms with van der Waals surface area (Å²) >= 11 is 1.51. The fraction of sp³-hybridized carbons (Fsp3) is 0.579. The van der Waals surface area contributed by atoms with Gasteiger partial charge in [-0.2, -0.15) is 0 Å². The number of aryl methyl sites for hydroxylation is 1. The Labute approximate surface area is 157 Å². The molecule has 1 N–H and O–H groups in total. The Morgan fingerprint density at radius 1 is 1.38 bits per heavy atom. The average molecular weight is 375 g/mol. The maximum absolute atomic E-state index is 12.5. The van der Waals surface area contributed by atoms with Gasteiger partial charge in [0.2, 0.25) is 0 Å². The third-order valence-corrected chi connectivity index (χ3v) is 6.43. The van der Waals surface area contributed by atoms with Crippen LogP contribution in [0.3, 0.4) is 0 Å². The zero-order valence-electron chi connectivity index (χ0n) is 15.0. The molecule has 6 nitrogen and oxygen atoms in total. The van der Waals surface area contributed by atoms with Gasteiger partial charge < -0.3 is 14.5 Å². The van der Waals surface area contributed by atoms with Crippen LogP contribution in [0.2, 0.25) is 0 Å². The van der Waals surface area contributed by atoms with Gasteiger partial charge in [0.05, 0.1) is 16.7 Å². The van der Waals surface area contributed by atoms with Crippen LogP contribution in [-0.2, 0) is 6.42 Å². The zero-order chi connectivity index (χ0) is 18.1. The molecule has 2 aliphatic rings. The molecule has 140 valence electrons. The Morgan fingerprint density at radius 3 is 2.85 bits per heavy atom. The van der Waals surface area contributed by atoms with Gasteiger partial charge in [0.15, 0.2) is 0 Å². The normalized spacial score (nSPS) is 25.1. The second kappa shape index (κ2) is 7.50. The minimum absolute atomic E-state index is 0.151. The highest BCUT2D eigenvalue weighted by Gasteiger charge is 2.37. The molecule has 0 spiro atoms. The van der Waals surface area contributed by atoms with Crippen molar-refractivity contribution in [2.24, 2.45) is 5.92 Å². The molecule has 0 radical (unpaired) electrons. The quantitative estimate of drug-likeness (QED) is 0.887. The Kier molecular flexibility index (Phi) is 5.11. The molecule has 2 atom stereocenters. The molecular formula is C19H25N3O3S. The fourth-order valence-electron chi connectivity index (χ4n) is 4.15. The predicted molar refractivity (Wildman–Crippen MR) is 99.3 cm³/mol. The van der Waals surface area contributed by atoms with Crippen LogP contribution in [0.1, 0.15) is 34.0 Å². The Morgan fingerprint density at radius 2 is 2.19 bits per heavy atom. The van der Waals surface area contributed by atoms with Crippen LogP contribution in [0.4, 0.5) is 0 Å². The van der Waals surface area contributed by atoms with Gasteiger partial charge in [-0.25, -0.2) is 0 Å². The lowest BCUT2D eigenvalue weighted by Crippen LogP contribution is -2.46. The summed E-state index contributed by atoms with van der Waals surface area (Å²) in [5.41, 5.74) is 0.882. The lowest BCUT2D eigenvalue weighted by atomic mass is 10.00. The predicted octanol–water partition coefficient (Wildman–Crippen LogP) is 2.18. The lowest BCUT2D eigenvalue weighted by molar-refractivity contribution is 0.0632. The van der Waals surface area contributed by atoms with Crippen molar-refractivity contribution in [2.45, 2.75) is 38.3 Å². The van der Waals surface area contributed by atoms with Gasteiger partial charge in [-0.05, 0) is 31.2 Å². The number of nitrogens with zero attached hydrogens (tertiary/aromatic N) is 3. The van der Waals surface area contributed by atoms with E-state index in [-0.39, 0.29) is 17.9 Å². The van der Waals surface area contributed by atoms with E-state index in [9.17, 15) is 9.90 Å². The first kappa shape index (κ1) is 17.7. The van der Waals surface area contributed by atoms with E-state index in [1.54, 1.807) is 0 Å². The second-order valence-corrected chi connectivity index (χ2v) is 8.37. The van der Waals surface area contributed by atoms with Crippen molar-refractivity contribution in [2.75, 3.05) is 26.2 Å². The van der Waals surface area contributed by atoms with Crippen LogP contribution in [0.15, 0.2) is 28.1 Å². The molecule has 1 amide bonds. The van der Waals surface area contributed by atoms with Crippen molar-refractivity contribution >= 4 is 17.2 Å². The number of hydrogen-bond acceptors (Lipinski definition) is 6. The van der Waals surface area contributed by atoms with E-state index >= 15 is 0 Å². The maximum atomic E-state index is 12.5. The summed E-state index contributed by atoms with van der Waals surface area (Å²) in [5, 5.41) is 16.3.